The molecule has 1 N–H and O–H groups in total. The number of nitrogens with one attached hydrogen (secondary N) is 1. The van der Waals surface area contributed by atoms with Crippen molar-refractivity contribution in [1.29, 1.82) is 0 Å². The van der Waals surface area contributed by atoms with Crippen LogP contribution in [0.5, 0.6) is 0 Å². The normalized spacial score (nSPS) is 12.5. The van der Waals surface area contributed by atoms with Crippen LogP contribution < -0.4 is 5.32 Å². The first kappa shape index (κ1) is 16.0. The third kappa shape index (κ3) is 4.03. The van der Waals surface area contributed by atoms with E-state index in [4.69, 9.17) is 0 Å². The second-order valence-electron chi connectivity index (χ2n) is 5.39. The molecule has 1 atom stereocenters. The maximum absolute atomic E-state index is 13.8. The summed E-state index contributed by atoms with van der Waals surface area (Å²) in [5.41, 5.74) is 1.52. The first-order valence-corrected chi connectivity index (χ1v) is 7.71. The Labute approximate surface area is 132 Å². The zero-order valence-electron chi connectivity index (χ0n) is 12.0. The fourth-order valence-corrected chi connectivity index (χ4v) is 2.66. The van der Waals surface area contributed by atoms with Gasteiger partial charge in [0.1, 0.15) is 11.6 Å². The van der Waals surface area contributed by atoms with Crippen molar-refractivity contribution in [3.05, 3.63) is 64.1 Å². The van der Waals surface area contributed by atoms with Crippen LogP contribution in [0.2, 0.25) is 0 Å². The first-order valence-electron chi connectivity index (χ1n) is 6.92. The van der Waals surface area contributed by atoms with Crippen molar-refractivity contribution in [2.45, 2.75) is 19.8 Å². The van der Waals surface area contributed by atoms with Gasteiger partial charge in [-0.15, -0.1) is 0 Å². The number of rotatable bonds is 5. The van der Waals surface area contributed by atoms with Gasteiger partial charge in [-0.2, -0.15) is 0 Å². The maximum Gasteiger partial charge on any atom is 0.149 e. The number of hydrogen-bond acceptors (Lipinski definition) is 1. The third-order valence-corrected chi connectivity index (χ3v) is 4.16. The minimum absolute atomic E-state index is 0.257. The van der Waals surface area contributed by atoms with Crippen molar-refractivity contribution in [2.24, 2.45) is 5.92 Å². The molecule has 2 rings (SSSR count). The standard InChI is InChI=1S/C17H18BrF2N/c1-11(2)13(12-6-4-3-5-7-12)10-21-17-8-14(18)15(19)9-16(17)20/h3-9,11,13,21H,10H2,1-2H3. The lowest BCUT2D eigenvalue weighted by atomic mass is 9.88. The van der Waals surface area contributed by atoms with Crippen molar-refractivity contribution in [3.63, 3.8) is 0 Å². The van der Waals surface area contributed by atoms with E-state index in [1.54, 1.807) is 0 Å². The minimum atomic E-state index is -0.596. The van der Waals surface area contributed by atoms with Crippen LogP contribution in [0.1, 0.15) is 25.3 Å². The molecule has 0 saturated carbocycles. The van der Waals surface area contributed by atoms with E-state index in [-0.39, 0.29) is 10.4 Å². The predicted octanol–water partition coefficient (Wildman–Crippen LogP) is 5.58. The van der Waals surface area contributed by atoms with Crippen LogP contribution >= 0.6 is 15.9 Å². The molecule has 1 nitrogen and oxygen atoms in total. The average molecular weight is 354 g/mol. The molecule has 2 aromatic carbocycles. The molecular weight excluding hydrogens is 336 g/mol. The summed E-state index contributed by atoms with van der Waals surface area (Å²) in [5.74, 6) is -0.505. The Kier molecular flexibility index (Phi) is 5.34. The summed E-state index contributed by atoms with van der Waals surface area (Å²) in [6, 6.07) is 12.4. The highest BCUT2D eigenvalue weighted by molar-refractivity contribution is 9.10. The van der Waals surface area contributed by atoms with E-state index in [0.717, 1.165) is 6.07 Å². The van der Waals surface area contributed by atoms with Crippen molar-refractivity contribution < 1.29 is 8.78 Å². The van der Waals surface area contributed by atoms with E-state index < -0.39 is 11.6 Å². The molecule has 21 heavy (non-hydrogen) atoms. The van der Waals surface area contributed by atoms with Crippen molar-refractivity contribution in [2.75, 3.05) is 11.9 Å². The summed E-state index contributed by atoms with van der Waals surface area (Å²) >= 11 is 3.08. The molecule has 0 aromatic heterocycles. The van der Waals surface area contributed by atoms with Crippen LogP contribution in [0.4, 0.5) is 14.5 Å². The molecule has 0 aliphatic rings. The maximum atomic E-state index is 13.8. The van der Waals surface area contributed by atoms with Gasteiger partial charge in [0.2, 0.25) is 0 Å². The van der Waals surface area contributed by atoms with Gasteiger partial charge in [0.15, 0.2) is 0 Å². The van der Waals surface area contributed by atoms with Gasteiger partial charge in [-0.25, -0.2) is 8.78 Å². The summed E-state index contributed by atoms with van der Waals surface area (Å²) in [7, 11) is 0. The van der Waals surface area contributed by atoms with Gasteiger partial charge in [-0.05, 0) is 33.5 Å². The average Bonchev–Trinajstić information content (AvgIpc) is 2.45. The summed E-state index contributed by atoms with van der Waals surface area (Å²) in [5, 5.41) is 3.09. The van der Waals surface area contributed by atoms with Crippen LogP contribution in [0.3, 0.4) is 0 Å². The van der Waals surface area contributed by atoms with E-state index in [1.165, 1.54) is 11.6 Å². The van der Waals surface area contributed by atoms with Crippen molar-refractivity contribution >= 4 is 21.6 Å². The van der Waals surface area contributed by atoms with Crippen LogP contribution in [-0.4, -0.2) is 6.54 Å². The molecule has 112 valence electrons. The Morgan fingerprint density at radius 2 is 1.71 bits per heavy atom. The van der Waals surface area contributed by atoms with Gasteiger partial charge in [0.25, 0.3) is 0 Å². The van der Waals surface area contributed by atoms with E-state index in [2.05, 4.69) is 47.2 Å². The molecule has 0 spiro atoms. The Morgan fingerprint density at radius 1 is 1.05 bits per heavy atom. The topological polar surface area (TPSA) is 12.0 Å². The number of anilines is 1. The van der Waals surface area contributed by atoms with E-state index in [9.17, 15) is 8.78 Å². The molecule has 2 aromatic rings. The Bertz CT molecular complexity index is 599. The molecule has 1 unspecified atom stereocenters. The van der Waals surface area contributed by atoms with Crippen LogP contribution in [0.25, 0.3) is 0 Å². The van der Waals surface area contributed by atoms with Crippen molar-refractivity contribution in [3.8, 4) is 0 Å². The quantitative estimate of drug-likeness (QED) is 0.692. The second-order valence-corrected chi connectivity index (χ2v) is 6.24. The Morgan fingerprint density at radius 3 is 2.33 bits per heavy atom. The first-order chi connectivity index (χ1) is 9.99. The zero-order valence-corrected chi connectivity index (χ0v) is 13.6. The van der Waals surface area contributed by atoms with Crippen molar-refractivity contribution in [1.82, 2.24) is 0 Å². The van der Waals surface area contributed by atoms with Gasteiger partial charge < -0.3 is 5.32 Å². The number of halogens is 3. The largest absolute Gasteiger partial charge is 0.382 e. The van der Waals surface area contributed by atoms with E-state index in [0.29, 0.717) is 18.2 Å². The summed E-state index contributed by atoms with van der Waals surface area (Å²) < 4.78 is 27.3. The van der Waals surface area contributed by atoms with E-state index >= 15 is 0 Å². The Balaban J connectivity index is 2.15. The lowest BCUT2D eigenvalue weighted by Gasteiger charge is -2.22. The van der Waals surface area contributed by atoms with Crippen LogP contribution in [0.15, 0.2) is 46.9 Å². The van der Waals surface area contributed by atoms with Gasteiger partial charge >= 0.3 is 0 Å². The highest BCUT2D eigenvalue weighted by Gasteiger charge is 2.16. The SMILES string of the molecule is CC(C)C(CNc1cc(Br)c(F)cc1F)c1ccccc1. The van der Waals surface area contributed by atoms with Gasteiger partial charge in [-0.1, -0.05) is 44.2 Å². The lowest BCUT2D eigenvalue weighted by Crippen LogP contribution is -2.18. The number of benzene rings is 2. The molecule has 0 fully saturated rings. The summed E-state index contributed by atoms with van der Waals surface area (Å²) in [4.78, 5) is 0. The van der Waals surface area contributed by atoms with Gasteiger partial charge in [-0.3, -0.25) is 0 Å². The molecule has 0 saturated heterocycles. The lowest BCUT2D eigenvalue weighted by molar-refractivity contribution is 0.514. The summed E-state index contributed by atoms with van der Waals surface area (Å²) in [6.45, 7) is 4.86. The zero-order chi connectivity index (χ0) is 15.4. The molecule has 0 heterocycles. The second kappa shape index (κ2) is 7.03. The third-order valence-electron chi connectivity index (χ3n) is 3.55. The number of hydrogen-bond donors (Lipinski definition) is 1. The highest BCUT2D eigenvalue weighted by atomic mass is 79.9. The monoisotopic (exact) mass is 353 g/mol. The fraction of sp³-hybridized carbons (Fsp3) is 0.294. The minimum Gasteiger partial charge on any atom is -0.382 e. The molecule has 0 bridgehead atoms. The van der Waals surface area contributed by atoms with Gasteiger partial charge in [0.05, 0.1) is 10.2 Å². The molecule has 0 radical (unpaired) electrons. The molecule has 0 aliphatic heterocycles. The molecular formula is C17H18BrF2N. The van der Waals surface area contributed by atoms with Crippen LogP contribution in [-0.2, 0) is 0 Å². The summed E-state index contributed by atoms with van der Waals surface area (Å²) in [6.07, 6.45) is 0. The highest BCUT2D eigenvalue weighted by Crippen LogP contribution is 2.27. The van der Waals surface area contributed by atoms with E-state index in [1.807, 2.05) is 18.2 Å². The molecule has 0 amide bonds. The smallest absolute Gasteiger partial charge is 0.149 e. The van der Waals surface area contributed by atoms with Gasteiger partial charge in [0, 0.05) is 18.5 Å². The Hall–Kier alpha value is -1.42. The molecule has 4 heteroatoms. The predicted molar refractivity (Wildman–Crippen MR) is 86.6 cm³/mol. The fourth-order valence-electron chi connectivity index (χ4n) is 2.32. The van der Waals surface area contributed by atoms with Crippen LogP contribution in [0, 0.1) is 17.6 Å². The molecule has 0 aliphatic carbocycles.